The van der Waals surface area contributed by atoms with Crippen molar-refractivity contribution in [2.45, 2.75) is 0 Å². The average molecular weight is 422 g/mol. The van der Waals surface area contributed by atoms with Crippen molar-refractivity contribution < 1.29 is 28.6 Å². The summed E-state index contributed by atoms with van der Waals surface area (Å²) in [5.74, 6) is -1.21. The molecule has 0 fully saturated rings. The van der Waals surface area contributed by atoms with Gasteiger partial charge in [0.2, 0.25) is 0 Å². The van der Waals surface area contributed by atoms with Gasteiger partial charge in [-0.15, -0.1) is 0 Å². The van der Waals surface area contributed by atoms with Crippen molar-refractivity contribution in [3.63, 3.8) is 0 Å². The Bertz CT molecular complexity index is 785. The van der Waals surface area contributed by atoms with E-state index in [1.54, 1.807) is 24.3 Å². The Balaban J connectivity index is 2.11. The monoisotopic (exact) mass is 421 g/mol. The van der Waals surface area contributed by atoms with E-state index < -0.39 is 17.8 Å². The Kier molecular flexibility index (Phi) is 6.74. The van der Waals surface area contributed by atoms with Gasteiger partial charge in [0, 0.05) is 10.2 Å². The highest BCUT2D eigenvalue weighted by molar-refractivity contribution is 9.10. The van der Waals surface area contributed by atoms with E-state index in [1.165, 1.54) is 32.4 Å². The lowest BCUT2D eigenvalue weighted by molar-refractivity contribution is -0.118. The van der Waals surface area contributed by atoms with Crippen molar-refractivity contribution in [2.75, 3.05) is 26.1 Å². The van der Waals surface area contributed by atoms with E-state index in [0.29, 0.717) is 5.75 Å². The van der Waals surface area contributed by atoms with Crippen LogP contribution in [0.2, 0.25) is 0 Å². The number of halogens is 1. The van der Waals surface area contributed by atoms with Crippen LogP contribution in [0.25, 0.3) is 0 Å². The Hall–Kier alpha value is -2.87. The van der Waals surface area contributed by atoms with Gasteiger partial charge < -0.3 is 19.5 Å². The standard InChI is InChI=1S/C18H16BrNO6/c1-24-17(22)11-7-12(18(23)25-2)9-14(8-11)20-16(21)10-26-15-5-3-13(19)4-6-15/h3-9H,10H2,1-2H3,(H,20,21). The van der Waals surface area contributed by atoms with Crippen LogP contribution in [0.3, 0.4) is 0 Å². The van der Waals surface area contributed by atoms with Gasteiger partial charge in [-0.1, -0.05) is 15.9 Å². The molecule has 0 aliphatic heterocycles. The first kappa shape index (κ1) is 19.5. The maximum atomic E-state index is 12.1. The lowest BCUT2D eigenvalue weighted by atomic mass is 10.1. The van der Waals surface area contributed by atoms with Crippen LogP contribution in [0, 0.1) is 0 Å². The van der Waals surface area contributed by atoms with Crippen LogP contribution in [-0.2, 0) is 14.3 Å². The molecule has 26 heavy (non-hydrogen) atoms. The van der Waals surface area contributed by atoms with Crippen molar-refractivity contribution in [1.82, 2.24) is 0 Å². The molecule has 0 heterocycles. The molecular weight excluding hydrogens is 406 g/mol. The summed E-state index contributed by atoms with van der Waals surface area (Å²) in [4.78, 5) is 35.6. The summed E-state index contributed by atoms with van der Waals surface area (Å²) >= 11 is 3.31. The highest BCUT2D eigenvalue weighted by Gasteiger charge is 2.15. The van der Waals surface area contributed by atoms with Crippen molar-refractivity contribution >= 4 is 39.5 Å². The molecule has 0 saturated carbocycles. The minimum Gasteiger partial charge on any atom is -0.484 e. The van der Waals surface area contributed by atoms with Crippen LogP contribution >= 0.6 is 15.9 Å². The minimum absolute atomic E-state index is 0.111. The summed E-state index contributed by atoms with van der Waals surface area (Å²) in [5, 5.41) is 2.57. The molecule has 0 saturated heterocycles. The molecule has 0 atom stereocenters. The van der Waals surface area contributed by atoms with E-state index in [1.807, 2.05) is 0 Å². The molecule has 0 bridgehead atoms. The van der Waals surface area contributed by atoms with Gasteiger partial charge >= 0.3 is 11.9 Å². The number of carbonyl (C=O) groups excluding carboxylic acids is 3. The van der Waals surface area contributed by atoms with Gasteiger partial charge in [-0.3, -0.25) is 4.79 Å². The number of esters is 2. The first-order chi connectivity index (χ1) is 12.4. The number of carbonyl (C=O) groups is 3. The molecule has 1 N–H and O–H groups in total. The average Bonchev–Trinajstić information content (AvgIpc) is 2.65. The fourth-order valence-electron chi connectivity index (χ4n) is 2.05. The molecular formula is C18H16BrNO6. The zero-order valence-electron chi connectivity index (χ0n) is 14.1. The zero-order chi connectivity index (χ0) is 19.1. The fraction of sp³-hybridized carbons (Fsp3) is 0.167. The van der Waals surface area contributed by atoms with Crippen molar-refractivity contribution in [2.24, 2.45) is 0 Å². The molecule has 1 amide bonds. The lowest BCUT2D eigenvalue weighted by Crippen LogP contribution is -2.21. The van der Waals surface area contributed by atoms with Crippen molar-refractivity contribution in [3.05, 3.63) is 58.1 Å². The molecule has 0 aliphatic carbocycles. The van der Waals surface area contributed by atoms with Crippen LogP contribution in [0.1, 0.15) is 20.7 Å². The van der Waals surface area contributed by atoms with E-state index in [0.717, 1.165) is 4.47 Å². The molecule has 8 heteroatoms. The van der Waals surface area contributed by atoms with Gasteiger partial charge in [0.1, 0.15) is 5.75 Å². The molecule has 0 spiro atoms. The Labute approximate surface area is 158 Å². The SMILES string of the molecule is COC(=O)c1cc(NC(=O)COc2ccc(Br)cc2)cc(C(=O)OC)c1. The van der Waals surface area contributed by atoms with Crippen molar-refractivity contribution in [1.29, 1.82) is 0 Å². The van der Waals surface area contributed by atoms with E-state index >= 15 is 0 Å². The second-order valence-corrected chi connectivity index (χ2v) is 5.99. The molecule has 2 rings (SSSR count). The zero-order valence-corrected chi connectivity index (χ0v) is 15.7. The van der Waals surface area contributed by atoms with Crippen LogP contribution in [0.5, 0.6) is 5.75 Å². The number of benzene rings is 2. The molecule has 0 aliphatic rings. The van der Waals surface area contributed by atoms with Crippen LogP contribution in [-0.4, -0.2) is 38.7 Å². The number of hydrogen-bond donors (Lipinski definition) is 1. The highest BCUT2D eigenvalue weighted by Crippen LogP contribution is 2.18. The normalized spacial score (nSPS) is 9.96. The summed E-state index contributed by atoms with van der Waals surface area (Å²) in [6, 6.07) is 11.1. The van der Waals surface area contributed by atoms with Crippen LogP contribution in [0.15, 0.2) is 46.9 Å². The Morgan fingerprint density at radius 3 is 1.96 bits per heavy atom. The largest absolute Gasteiger partial charge is 0.484 e. The molecule has 0 unspecified atom stereocenters. The smallest absolute Gasteiger partial charge is 0.337 e. The predicted octanol–water partition coefficient (Wildman–Crippen LogP) is 3.04. The number of hydrogen-bond acceptors (Lipinski definition) is 6. The molecule has 136 valence electrons. The summed E-state index contributed by atoms with van der Waals surface area (Å²) in [5.41, 5.74) is 0.469. The number of anilines is 1. The van der Waals surface area contributed by atoms with E-state index in [4.69, 9.17) is 4.74 Å². The highest BCUT2D eigenvalue weighted by atomic mass is 79.9. The molecule has 2 aromatic carbocycles. The van der Waals surface area contributed by atoms with Crippen LogP contribution in [0.4, 0.5) is 5.69 Å². The third-order valence-electron chi connectivity index (χ3n) is 3.24. The minimum atomic E-state index is -0.641. The second kappa shape index (κ2) is 9.00. The Morgan fingerprint density at radius 1 is 0.923 bits per heavy atom. The Morgan fingerprint density at radius 2 is 1.46 bits per heavy atom. The molecule has 0 aromatic heterocycles. The third kappa shape index (κ3) is 5.32. The van der Waals surface area contributed by atoms with Gasteiger partial charge in [-0.25, -0.2) is 9.59 Å². The van der Waals surface area contributed by atoms with Crippen molar-refractivity contribution in [3.8, 4) is 5.75 Å². The quantitative estimate of drug-likeness (QED) is 0.720. The van der Waals surface area contributed by atoms with Gasteiger partial charge in [0.25, 0.3) is 5.91 Å². The molecule has 0 radical (unpaired) electrons. The second-order valence-electron chi connectivity index (χ2n) is 5.07. The fourth-order valence-corrected chi connectivity index (χ4v) is 2.31. The van der Waals surface area contributed by atoms with Gasteiger partial charge in [-0.2, -0.15) is 0 Å². The number of methoxy groups -OCH3 is 2. The summed E-state index contributed by atoms with van der Waals surface area (Å²) in [7, 11) is 2.44. The third-order valence-corrected chi connectivity index (χ3v) is 3.77. The molecule has 7 nitrogen and oxygen atoms in total. The predicted molar refractivity (Wildman–Crippen MR) is 97.4 cm³/mol. The van der Waals surface area contributed by atoms with E-state index in [2.05, 4.69) is 30.7 Å². The maximum Gasteiger partial charge on any atom is 0.337 e. The summed E-state index contributed by atoms with van der Waals surface area (Å²) in [6.07, 6.45) is 0. The van der Waals surface area contributed by atoms with E-state index in [-0.39, 0.29) is 23.4 Å². The van der Waals surface area contributed by atoms with Crippen LogP contribution < -0.4 is 10.1 Å². The first-order valence-electron chi connectivity index (χ1n) is 7.43. The first-order valence-corrected chi connectivity index (χ1v) is 8.22. The number of nitrogens with one attached hydrogen (secondary N) is 1. The lowest BCUT2D eigenvalue weighted by Gasteiger charge is -2.10. The summed E-state index contributed by atoms with van der Waals surface area (Å²) in [6.45, 7) is -0.238. The summed E-state index contributed by atoms with van der Waals surface area (Å²) < 4.78 is 15.6. The van der Waals surface area contributed by atoms with Gasteiger partial charge in [0.15, 0.2) is 6.61 Å². The van der Waals surface area contributed by atoms with Gasteiger partial charge in [0.05, 0.1) is 25.3 Å². The van der Waals surface area contributed by atoms with E-state index in [9.17, 15) is 14.4 Å². The number of rotatable bonds is 6. The maximum absolute atomic E-state index is 12.1. The molecule has 2 aromatic rings. The number of ether oxygens (including phenoxy) is 3. The van der Waals surface area contributed by atoms with Gasteiger partial charge in [-0.05, 0) is 42.5 Å². The topological polar surface area (TPSA) is 90.9 Å². The number of amides is 1.